The van der Waals surface area contributed by atoms with Gasteiger partial charge in [-0.15, -0.1) is 0 Å². The molecule has 0 radical (unpaired) electrons. The molecule has 0 N–H and O–H groups in total. The lowest BCUT2D eigenvalue weighted by Crippen LogP contribution is -1.99. The number of hydrogen-bond acceptors (Lipinski definition) is 2. The van der Waals surface area contributed by atoms with Crippen molar-refractivity contribution in [3.63, 3.8) is 0 Å². The molecule has 2 aromatic carbocycles. The van der Waals surface area contributed by atoms with Crippen molar-refractivity contribution in [1.82, 2.24) is 0 Å². The van der Waals surface area contributed by atoms with E-state index in [2.05, 4.69) is 15.9 Å². The van der Waals surface area contributed by atoms with E-state index in [-0.39, 0.29) is 5.78 Å². The first-order valence-corrected chi connectivity index (χ1v) is 6.99. The maximum Gasteiger partial charge on any atom is 0.162 e. The number of ketones is 1. The van der Waals surface area contributed by atoms with E-state index in [1.54, 1.807) is 6.07 Å². The summed E-state index contributed by atoms with van der Waals surface area (Å²) >= 11 is 3.44. The SMILES string of the molecule is CCC(=O)c1ccc(OCc2ccccc2)c(Br)c1. The zero-order valence-corrected chi connectivity index (χ0v) is 12.3. The van der Waals surface area contributed by atoms with Gasteiger partial charge in [0.15, 0.2) is 5.78 Å². The average Bonchev–Trinajstić information content (AvgIpc) is 2.46. The van der Waals surface area contributed by atoms with E-state index >= 15 is 0 Å². The molecular formula is C16H15BrO2. The summed E-state index contributed by atoms with van der Waals surface area (Å²) in [5, 5.41) is 0. The molecule has 0 saturated heterocycles. The number of benzene rings is 2. The molecule has 0 unspecified atom stereocenters. The smallest absolute Gasteiger partial charge is 0.162 e. The lowest BCUT2D eigenvalue weighted by Gasteiger charge is -2.09. The minimum Gasteiger partial charge on any atom is -0.488 e. The molecular weight excluding hydrogens is 304 g/mol. The molecule has 0 heterocycles. The van der Waals surface area contributed by atoms with Crippen molar-refractivity contribution in [2.75, 3.05) is 0 Å². The molecule has 0 aliphatic heterocycles. The van der Waals surface area contributed by atoms with Crippen molar-refractivity contribution in [2.24, 2.45) is 0 Å². The van der Waals surface area contributed by atoms with Crippen molar-refractivity contribution < 1.29 is 9.53 Å². The van der Waals surface area contributed by atoms with Gasteiger partial charge in [-0.1, -0.05) is 37.3 Å². The molecule has 2 rings (SSSR count). The zero-order valence-electron chi connectivity index (χ0n) is 10.7. The normalized spacial score (nSPS) is 10.2. The van der Waals surface area contributed by atoms with Crippen LogP contribution in [0.25, 0.3) is 0 Å². The number of ether oxygens (including phenoxy) is 1. The van der Waals surface area contributed by atoms with Gasteiger partial charge in [-0.2, -0.15) is 0 Å². The highest BCUT2D eigenvalue weighted by atomic mass is 79.9. The van der Waals surface area contributed by atoms with Crippen molar-refractivity contribution in [3.05, 3.63) is 64.1 Å². The largest absolute Gasteiger partial charge is 0.488 e. The van der Waals surface area contributed by atoms with Gasteiger partial charge in [0.05, 0.1) is 4.47 Å². The Morgan fingerprint density at radius 3 is 2.53 bits per heavy atom. The van der Waals surface area contributed by atoms with Gasteiger partial charge in [-0.3, -0.25) is 4.79 Å². The summed E-state index contributed by atoms with van der Waals surface area (Å²) in [4.78, 5) is 11.6. The van der Waals surface area contributed by atoms with Gasteiger partial charge in [0.1, 0.15) is 12.4 Å². The standard InChI is InChI=1S/C16H15BrO2/c1-2-15(18)13-8-9-16(14(17)10-13)19-11-12-6-4-3-5-7-12/h3-10H,2,11H2,1H3. The second-order valence-corrected chi connectivity index (χ2v) is 5.05. The number of halogens is 1. The van der Waals surface area contributed by atoms with Crippen LogP contribution in [0.15, 0.2) is 53.0 Å². The van der Waals surface area contributed by atoms with E-state index in [1.165, 1.54) is 0 Å². The van der Waals surface area contributed by atoms with Crippen molar-refractivity contribution in [2.45, 2.75) is 20.0 Å². The number of hydrogen-bond donors (Lipinski definition) is 0. The fourth-order valence-corrected chi connectivity index (χ4v) is 2.22. The molecule has 3 heteroatoms. The summed E-state index contributed by atoms with van der Waals surface area (Å²) < 4.78 is 6.54. The second-order valence-electron chi connectivity index (χ2n) is 4.20. The van der Waals surface area contributed by atoms with Crippen LogP contribution in [0.4, 0.5) is 0 Å². The number of carbonyl (C=O) groups is 1. The molecule has 0 aliphatic rings. The van der Waals surface area contributed by atoms with E-state index in [0.29, 0.717) is 18.6 Å². The van der Waals surface area contributed by atoms with Gasteiger partial charge in [0.25, 0.3) is 0 Å². The molecule has 19 heavy (non-hydrogen) atoms. The van der Waals surface area contributed by atoms with Gasteiger partial charge in [-0.25, -0.2) is 0 Å². The molecule has 0 aliphatic carbocycles. The van der Waals surface area contributed by atoms with Crippen LogP contribution in [0.1, 0.15) is 29.3 Å². The summed E-state index contributed by atoms with van der Waals surface area (Å²) in [7, 11) is 0. The first-order valence-electron chi connectivity index (χ1n) is 6.20. The molecule has 0 saturated carbocycles. The van der Waals surface area contributed by atoms with Crippen LogP contribution in [0.5, 0.6) is 5.75 Å². The second kappa shape index (κ2) is 6.53. The first kappa shape index (κ1) is 13.8. The summed E-state index contributed by atoms with van der Waals surface area (Å²) in [6.07, 6.45) is 0.511. The van der Waals surface area contributed by atoms with Crippen LogP contribution < -0.4 is 4.74 Å². The molecule has 2 aromatic rings. The minimum atomic E-state index is 0.135. The van der Waals surface area contributed by atoms with E-state index < -0.39 is 0 Å². The van der Waals surface area contributed by atoms with Crippen LogP contribution in [-0.2, 0) is 6.61 Å². The van der Waals surface area contributed by atoms with Gasteiger partial charge in [0, 0.05) is 12.0 Å². The van der Waals surface area contributed by atoms with Gasteiger partial charge in [0.2, 0.25) is 0 Å². The molecule has 98 valence electrons. The summed E-state index contributed by atoms with van der Waals surface area (Å²) in [5.74, 6) is 0.881. The Bertz CT molecular complexity index is 564. The first-order chi connectivity index (χ1) is 9.20. The lowest BCUT2D eigenvalue weighted by molar-refractivity contribution is 0.0988. The summed E-state index contributed by atoms with van der Waals surface area (Å²) in [6, 6.07) is 15.4. The van der Waals surface area contributed by atoms with Crippen LogP contribution >= 0.6 is 15.9 Å². The Morgan fingerprint density at radius 1 is 1.16 bits per heavy atom. The van der Waals surface area contributed by atoms with Crippen LogP contribution in [0, 0.1) is 0 Å². The third-order valence-electron chi connectivity index (χ3n) is 2.81. The quantitative estimate of drug-likeness (QED) is 0.752. The van der Waals surface area contributed by atoms with Gasteiger partial charge in [-0.05, 0) is 39.7 Å². The summed E-state index contributed by atoms with van der Waals surface area (Å²) in [6.45, 7) is 2.37. The highest BCUT2D eigenvalue weighted by Gasteiger charge is 2.07. The molecule has 0 amide bonds. The predicted octanol–water partition coefficient (Wildman–Crippen LogP) is 4.62. The number of Topliss-reactive ketones (excluding diaryl/α,β-unsaturated/α-hetero) is 1. The predicted molar refractivity (Wildman–Crippen MR) is 79.5 cm³/mol. The van der Waals surface area contributed by atoms with Crippen LogP contribution in [0.3, 0.4) is 0 Å². The zero-order chi connectivity index (χ0) is 13.7. The average molecular weight is 319 g/mol. The lowest BCUT2D eigenvalue weighted by atomic mass is 10.1. The Hall–Kier alpha value is -1.61. The molecule has 2 nitrogen and oxygen atoms in total. The third kappa shape index (κ3) is 3.67. The van der Waals surface area contributed by atoms with E-state index in [9.17, 15) is 4.79 Å². The molecule has 0 bridgehead atoms. The Morgan fingerprint density at radius 2 is 1.89 bits per heavy atom. The molecule has 0 atom stereocenters. The molecule has 0 spiro atoms. The fraction of sp³-hybridized carbons (Fsp3) is 0.188. The minimum absolute atomic E-state index is 0.135. The Labute approximate surface area is 121 Å². The Balaban J connectivity index is 2.07. The maximum atomic E-state index is 11.6. The van der Waals surface area contributed by atoms with Crippen LogP contribution in [-0.4, -0.2) is 5.78 Å². The van der Waals surface area contributed by atoms with E-state index in [4.69, 9.17) is 4.74 Å². The summed E-state index contributed by atoms with van der Waals surface area (Å²) in [5.41, 5.74) is 1.82. The van der Waals surface area contributed by atoms with Crippen molar-refractivity contribution >= 4 is 21.7 Å². The number of carbonyl (C=O) groups excluding carboxylic acids is 1. The van der Waals surface area contributed by atoms with E-state index in [1.807, 2.05) is 49.4 Å². The van der Waals surface area contributed by atoms with Gasteiger partial charge >= 0.3 is 0 Å². The van der Waals surface area contributed by atoms with Crippen LogP contribution in [0.2, 0.25) is 0 Å². The monoisotopic (exact) mass is 318 g/mol. The third-order valence-corrected chi connectivity index (χ3v) is 3.43. The molecule has 0 fully saturated rings. The van der Waals surface area contributed by atoms with Gasteiger partial charge < -0.3 is 4.74 Å². The fourth-order valence-electron chi connectivity index (χ4n) is 1.73. The van der Waals surface area contributed by atoms with Crippen molar-refractivity contribution in [1.29, 1.82) is 0 Å². The van der Waals surface area contributed by atoms with E-state index in [0.717, 1.165) is 15.8 Å². The number of rotatable bonds is 5. The van der Waals surface area contributed by atoms with Crippen molar-refractivity contribution in [3.8, 4) is 5.75 Å². The molecule has 0 aromatic heterocycles. The highest BCUT2D eigenvalue weighted by Crippen LogP contribution is 2.27. The maximum absolute atomic E-state index is 11.6. The highest BCUT2D eigenvalue weighted by molar-refractivity contribution is 9.10. The topological polar surface area (TPSA) is 26.3 Å². The Kier molecular flexibility index (Phi) is 4.74.